The lowest BCUT2D eigenvalue weighted by Crippen LogP contribution is -2.56. The van der Waals surface area contributed by atoms with Gasteiger partial charge in [0.15, 0.2) is 0 Å². The van der Waals surface area contributed by atoms with Gasteiger partial charge in [0.1, 0.15) is 0 Å². The van der Waals surface area contributed by atoms with Gasteiger partial charge in [-0.1, -0.05) is 31.5 Å². The van der Waals surface area contributed by atoms with Crippen molar-refractivity contribution < 1.29 is 18.0 Å². The van der Waals surface area contributed by atoms with Crippen molar-refractivity contribution in [3.8, 4) is 0 Å². The molecule has 0 spiro atoms. The Hall–Kier alpha value is -2.83. The molecular formula is C26H28F3N3O. The number of aromatic nitrogens is 2. The maximum absolute atomic E-state index is 13.4. The van der Waals surface area contributed by atoms with Crippen molar-refractivity contribution >= 4 is 11.4 Å². The molecule has 0 aliphatic heterocycles. The monoisotopic (exact) mass is 455 g/mol. The zero-order chi connectivity index (χ0) is 23.3. The molecule has 0 unspecified atom stereocenters. The van der Waals surface area contributed by atoms with Crippen LogP contribution in [0, 0.1) is 5.41 Å². The molecule has 6 rings (SSSR count). The maximum Gasteiger partial charge on any atom is 0.416 e. The number of rotatable bonds is 5. The van der Waals surface area contributed by atoms with Crippen molar-refractivity contribution in [3.05, 3.63) is 71.0 Å². The first-order valence-corrected chi connectivity index (χ1v) is 11.7. The van der Waals surface area contributed by atoms with E-state index < -0.39 is 11.7 Å². The van der Waals surface area contributed by atoms with Gasteiger partial charge in [-0.3, -0.25) is 4.79 Å². The highest BCUT2D eigenvalue weighted by Crippen LogP contribution is 2.54. The number of fused-ring (bicyclic) bond motifs is 4. The Kier molecular flexibility index (Phi) is 5.26. The van der Waals surface area contributed by atoms with Crippen LogP contribution in [0.15, 0.2) is 48.8 Å². The van der Waals surface area contributed by atoms with Crippen molar-refractivity contribution in [2.24, 2.45) is 5.41 Å². The number of nitrogens with one attached hydrogen (secondary N) is 1. The molecule has 3 fully saturated rings. The van der Waals surface area contributed by atoms with Crippen molar-refractivity contribution in [1.82, 2.24) is 14.9 Å². The minimum absolute atomic E-state index is 0.115. The number of pyridine rings is 1. The number of benzene rings is 1. The van der Waals surface area contributed by atoms with Gasteiger partial charge in [-0.25, -0.2) is 4.52 Å². The van der Waals surface area contributed by atoms with E-state index in [1.807, 2.05) is 12.1 Å². The van der Waals surface area contributed by atoms with Gasteiger partial charge >= 0.3 is 6.18 Å². The van der Waals surface area contributed by atoms with Gasteiger partial charge in [0.2, 0.25) is 0 Å². The fraction of sp³-hybridized carbons (Fsp3) is 0.462. The minimum Gasteiger partial charge on any atom is -0.346 e. The van der Waals surface area contributed by atoms with E-state index in [1.165, 1.54) is 18.6 Å². The summed E-state index contributed by atoms with van der Waals surface area (Å²) < 4.78 is 40.4. The van der Waals surface area contributed by atoms with Gasteiger partial charge in [-0.05, 0) is 79.7 Å². The molecular weight excluding hydrogens is 427 g/mol. The van der Waals surface area contributed by atoms with Gasteiger partial charge in [0.05, 0.1) is 22.8 Å². The van der Waals surface area contributed by atoms with Gasteiger partial charge < -0.3 is 5.32 Å². The Bertz CT molecular complexity index is 1160. The van der Waals surface area contributed by atoms with Gasteiger partial charge in [0.25, 0.3) is 5.91 Å². The zero-order valence-electron chi connectivity index (χ0n) is 18.7. The molecule has 0 atom stereocenters. The minimum atomic E-state index is -4.36. The van der Waals surface area contributed by atoms with Crippen LogP contribution in [0.5, 0.6) is 0 Å². The van der Waals surface area contributed by atoms with E-state index >= 15 is 0 Å². The second-order valence-corrected chi connectivity index (χ2v) is 9.84. The molecule has 3 saturated carbocycles. The average molecular weight is 456 g/mol. The van der Waals surface area contributed by atoms with Crippen LogP contribution in [0.4, 0.5) is 13.2 Å². The smallest absolute Gasteiger partial charge is 0.346 e. The van der Waals surface area contributed by atoms with Crippen molar-refractivity contribution in [3.63, 3.8) is 0 Å². The van der Waals surface area contributed by atoms with Crippen LogP contribution in [0.3, 0.4) is 0 Å². The van der Waals surface area contributed by atoms with E-state index in [2.05, 4.69) is 17.3 Å². The standard InChI is InChI=1S/C26H28F3N3O/c1-2-24-9-12-25(13-10-24,14-11-24)31-23(33)21-17-30-32-15-3-4-19(22(21)32)16-18-5-7-20(8-6-18)26(27,28)29/h3-8,15,17H,2,9-14,16H2,1H3,(H,31,33). The first-order chi connectivity index (χ1) is 15.7. The summed E-state index contributed by atoms with van der Waals surface area (Å²) >= 11 is 0. The van der Waals surface area contributed by atoms with E-state index in [1.54, 1.807) is 16.9 Å². The number of alkyl halides is 3. The predicted octanol–water partition coefficient (Wildman–Crippen LogP) is 6.18. The Morgan fingerprint density at radius 1 is 1.06 bits per heavy atom. The molecule has 174 valence electrons. The Balaban J connectivity index is 1.39. The number of carbonyl (C=O) groups is 1. The molecule has 3 aliphatic carbocycles. The summed E-state index contributed by atoms with van der Waals surface area (Å²) in [5.41, 5.74) is 2.49. The summed E-state index contributed by atoms with van der Waals surface area (Å²) in [6.07, 6.45) is 7.20. The fourth-order valence-corrected chi connectivity index (χ4v) is 5.74. The molecule has 2 aromatic heterocycles. The first-order valence-electron chi connectivity index (χ1n) is 11.7. The lowest BCUT2D eigenvalue weighted by Gasteiger charge is -2.53. The molecule has 1 N–H and O–H groups in total. The first kappa shape index (κ1) is 22.0. The summed E-state index contributed by atoms with van der Waals surface area (Å²) in [7, 11) is 0. The third-order valence-electron chi connectivity index (χ3n) is 8.08. The number of hydrogen-bond acceptors (Lipinski definition) is 2. The summed E-state index contributed by atoms with van der Waals surface area (Å²) in [5, 5.41) is 7.73. The molecule has 33 heavy (non-hydrogen) atoms. The lowest BCUT2D eigenvalue weighted by atomic mass is 9.56. The van der Waals surface area contributed by atoms with Crippen LogP contribution >= 0.6 is 0 Å². The van der Waals surface area contributed by atoms with Crippen LogP contribution in [-0.2, 0) is 12.6 Å². The topological polar surface area (TPSA) is 46.4 Å². The number of amides is 1. The van der Waals surface area contributed by atoms with Crippen LogP contribution in [-0.4, -0.2) is 21.1 Å². The molecule has 1 amide bonds. The second kappa shape index (κ2) is 7.89. The summed E-state index contributed by atoms with van der Waals surface area (Å²) in [4.78, 5) is 13.4. The normalized spacial score (nSPS) is 24.8. The van der Waals surface area contributed by atoms with E-state index in [4.69, 9.17) is 0 Å². The van der Waals surface area contributed by atoms with Gasteiger partial charge in [0, 0.05) is 11.7 Å². The highest BCUT2D eigenvalue weighted by atomic mass is 19.4. The molecule has 4 nitrogen and oxygen atoms in total. The molecule has 1 aromatic carbocycles. The highest BCUT2D eigenvalue weighted by Gasteiger charge is 2.48. The third-order valence-corrected chi connectivity index (χ3v) is 8.08. The maximum atomic E-state index is 13.4. The number of nitrogens with zero attached hydrogens (tertiary/aromatic N) is 2. The molecule has 3 aliphatic rings. The molecule has 3 aromatic rings. The lowest BCUT2D eigenvalue weighted by molar-refractivity contribution is -0.137. The van der Waals surface area contributed by atoms with E-state index in [0.29, 0.717) is 22.9 Å². The molecule has 2 heterocycles. The molecule has 0 saturated heterocycles. The van der Waals surface area contributed by atoms with Crippen LogP contribution in [0.2, 0.25) is 0 Å². The molecule has 2 bridgehead atoms. The van der Waals surface area contributed by atoms with Crippen molar-refractivity contribution in [2.45, 2.75) is 70.0 Å². The van der Waals surface area contributed by atoms with E-state index in [0.717, 1.165) is 61.8 Å². The summed E-state index contributed by atoms with van der Waals surface area (Å²) in [6.45, 7) is 2.27. The average Bonchev–Trinajstić information content (AvgIpc) is 3.25. The Morgan fingerprint density at radius 3 is 2.33 bits per heavy atom. The van der Waals surface area contributed by atoms with E-state index in [-0.39, 0.29) is 11.4 Å². The number of carbonyl (C=O) groups excluding carboxylic acids is 1. The van der Waals surface area contributed by atoms with Gasteiger partial charge in [-0.2, -0.15) is 18.3 Å². The van der Waals surface area contributed by atoms with E-state index in [9.17, 15) is 18.0 Å². The Labute approximate surface area is 191 Å². The molecule has 7 heteroatoms. The SMILES string of the molecule is CCC12CCC(NC(=O)c3cnn4cccc(Cc5ccc(C(F)(F)F)cc5)c34)(CC1)CC2. The van der Waals surface area contributed by atoms with Crippen LogP contribution in [0.25, 0.3) is 5.52 Å². The van der Waals surface area contributed by atoms with Gasteiger partial charge in [-0.15, -0.1) is 0 Å². The number of hydrogen-bond donors (Lipinski definition) is 1. The van der Waals surface area contributed by atoms with Crippen LogP contribution < -0.4 is 5.32 Å². The van der Waals surface area contributed by atoms with Crippen molar-refractivity contribution in [1.29, 1.82) is 0 Å². The summed E-state index contributed by atoms with van der Waals surface area (Å²) in [6, 6.07) is 8.92. The van der Waals surface area contributed by atoms with Crippen molar-refractivity contribution in [2.75, 3.05) is 0 Å². The predicted molar refractivity (Wildman–Crippen MR) is 120 cm³/mol. The second-order valence-electron chi connectivity index (χ2n) is 9.84. The highest BCUT2D eigenvalue weighted by molar-refractivity contribution is 6.01. The fourth-order valence-electron chi connectivity index (χ4n) is 5.74. The number of halogens is 3. The van der Waals surface area contributed by atoms with Crippen LogP contribution in [0.1, 0.15) is 78.9 Å². The quantitative estimate of drug-likeness (QED) is 0.500. The third kappa shape index (κ3) is 4.02. The summed E-state index contributed by atoms with van der Waals surface area (Å²) in [5.74, 6) is -0.115. The largest absolute Gasteiger partial charge is 0.416 e. The molecule has 0 radical (unpaired) electrons. The Morgan fingerprint density at radius 2 is 1.73 bits per heavy atom. The zero-order valence-corrected chi connectivity index (χ0v) is 18.7.